The average molecular weight is 395 g/mol. The van der Waals surface area contributed by atoms with Gasteiger partial charge >= 0.3 is 0 Å². The minimum atomic E-state index is -0.0184. The molecule has 1 aliphatic heterocycles. The van der Waals surface area contributed by atoms with Gasteiger partial charge in [0.1, 0.15) is 10.3 Å². The van der Waals surface area contributed by atoms with Crippen molar-refractivity contribution in [2.24, 2.45) is 0 Å². The van der Waals surface area contributed by atoms with E-state index in [0.29, 0.717) is 23.5 Å². The summed E-state index contributed by atoms with van der Waals surface area (Å²) < 4.78 is 0. The maximum atomic E-state index is 12.7. The first kappa shape index (κ1) is 18.5. The highest BCUT2D eigenvalue weighted by atomic mass is 32.1. The van der Waals surface area contributed by atoms with Gasteiger partial charge in [0.15, 0.2) is 0 Å². The highest BCUT2D eigenvalue weighted by molar-refractivity contribution is 7.20. The molecule has 0 N–H and O–H groups in total. The number of pyridine rings is 1. The lowest BCUT2D eigenvalue weighted by molar-refractivity contribution is 0.0710. The number of aromatic nitrogens is 3. The molecule has 4 heterocycles. The maximum absolute atomic E-state index is 12.7. The van der Waals surface area contributed by atoms with Gasteiger partial charge in [-0.3, -0.25) is 19.6 Å². The zero-order valence-electron chi connectivity index (χ0n) is 15.8. The van der Waals surface area contributed by atoms with Crippen LogP contribution < -0.4 is 0 Å². The molecular formula is C20H21N5O2S. The Morgan fingerprint density at radius 3 is 2.43 bits per heavy atom. The van der Waals surface area contributed by atoms with Crippen LogP contribution in [0.1, 0.15) is 44.4 Å². The minimum absolute atomic E-state index is 0.0184. The number of rotatable bonds is 3. The molecule has 28 heavy (non-hydrogen) atoms. The molecule has 0 aliphatic carbocycles. The number of likely N-dealkylation sites (tertiary alicyclic amines) is 1. The van der Waals surface area contributed by atoms with E-state index in [4.69, 9.17) is 0 Å². The van der Waals surface area contributed by atoms with Crippen molar-refractivity contribution in [3.05, 3.63) is 52.9 Å². The van der Waals surface area contributed by atoms with Crippen LogP contribution in [-0.2, 0) is 0 Å². The van der Waals surface area contributed by atoms with Crippen LogP contribution in [0, 0.1) is 0 Å². The lowest BCUT2D eigenvalue weighted by atomic mass is 9.88. The fourth-order valence-corrected chi connectivity index (χ4v) is 4.84. The van der Waals surface area contributed by atoms with Gasteiger partial charge in [0.25, 0.3) is 11.8 Å². The molecule has 0 spiro atoms. The summed E-state index contributed by atoms with van der Waals surface area (Å²) in [6.45, 7) is 1.30. The summed E-state index contributed by atoms with van der Waals surface area (Å²) in [5, 5.41) is 0. The highest BCUT2D eigenvalue weighted by Gasteiger charge is 2.31. The number of fused-ring (bicyclic) bond motifs is 1. The monoisotopic (exact) mass is 395 g/mol. The molecule has 3 aromatic rings. The van der Waals surface area contributed by atoms with E-state index >= 15 is 0 Å². The minimum Gasteiger partial charge on any atom is -0.344 e. The molecule has 0 atom stereocenters. The number of carbonyl (C=O) groups is 2. The van der Waals surface area contributed by atoms with Crippen LogP contribution in [0.2, 0.25) is 0 Å². The molecular weight excluding hydrogens is 374 g/mol. The van der Waals surface area contributed by atoms with Crippen LogP contribution in [-0.4, -0.2) is 63.8 Å². The molecule has 0 aromatic carbocycles. The molecule has 1 fully saturated rings. The second kappa shape index (κ2) is 7.63. The summed E-state index contributed by atoms with van der Waals surface area (Å²) in [5.41, 5.74) is 2.46. The smallest absolute Gasteiger partial charge is 0.263 e. The summed E-state index contributed by atoms with van der Waals surface area (Å²) in [5.74, 6) is 0.196. The van der Waals surface area contributed by atoms with Crippen molar-refractivity contribution in [2.45, 2.75) is 18.8 Å². The van der Waals surface area contributed by atoms with E-state index in [9.17, 15) is 9.59 Å². The van der Waals surface area contributed by atoms with Gasteiger partial charge in [-0.05, 0) is 30.9 Å². The number of amides is 2. The lowest BCUT2D eigenvalue weighted by Crippen LogP contribution is -2.38. The zero-order valence-corrected chi connectivity index (χ0v) is 16.6. The third-order valence-electron chi connectivity index (χ3n) is 5.08. The molecule has 8 heteroatoms. The molecule has 2 amide bonds. The first-order valence-electron chi connectivity index (χ1n) is 9.20. The van der Waals surface area contributed by atoms with Gasteiger partial charge in [0.2, 0.25) is 0 Å². The standard InChI is InChI=1S/C20H21N5O2S/c1-24(2)20(27)17-15(16-18(28-17)23-10-9-22-16)13-5-11-25(12-6-13)19(26)14-3-7-21-8-4-14/h3-4,7-10,13H,5-6,11-12H2,1-2H3. The van der Waals surface area contributed by atoms with Crippen LogP contribution >= 0.6 is 11.3 Å². The predicted octanol–water partition coefficient (Wildman–Crippen LogP) is 2.81. The summed E-state index contributed by atoms with van der Waals surface area (Å²) in [4.78, 5) is 43.3. The molecule has 1 saturated heterocycles. The summed E-state index contributed by atoms with van der Waals surface area (Å²) >= 11 is 1.41. The molecule has 4 rings (SSSR count). The van der Waals surface area contributed by atoms with Crippen molar-refractivity contribution >= 4 is 33.5 Å². The van der Waals surface area contributed by atoms with E-state index in [0.717, 1.165) is 28.8 Å². The van der Waals surface area contributed by atoms with Crippen molar-refractivity contribution in [1.29, 1.82) is 0 Å². The Hall–Kier alpha value is -2.87. The quantitative estimate of drug-likeness (QED) is 0.681. The van der Waals surface area contributed by atoms with Crippen molar-refractivity contribution in [3.8, 4) is 0 Å². The summed E-state index contributed by atoms with van der Waals surface area (Å²) in [6.07, 6.45) is 8.19. The molecule has 3 aromatic heterocycles. The molecule has 0 bridgehead atoms. The van der Waals surface area contributed by atoms with Crippen molar-refractivity contribution in [3.63, 3.8) is 0 Å². The number of carbonyl (C=O) groups excluding carboxylic acids is 2. The van der Waals surface area contributed by atoms with E-state index in [2.05, 4.69) is 15.0 Å². The van der Waals surface area contributed by atoms with Gasteiger partial charge in [-0.15, -0.1) is 11.3 Å². The number of thiophene rings is 1. The largest absolute Gasteiger partial charge is 0.344 e. The van der Waals surface area contributed by atoms with E-state index in [1.807, 2.05) is 4.90 Å². The van der Waals surface area contributed by atoms with Crippen LogP contribution in [0.15, 0.2) is 36.9 Å². The topological polar surface area (TPSA) is 79.3 Å². The van der Waals surface area contributed by atoms with E-state index < -0.39 is 0 Å². The molecule has 0 unspecified atom stereocenters. The van der Waals surface area contributed by atoms with Gasteiger partial charge in [0.05, 0.1) is 4.88 Å². The van der Waals surface area contributed by atoms with E-state index in [1.165, 1.54) is 11.3 Å². The number of hydrogen-bond donors (Lipinski definition) is 0. The van der Waals surface area contributed by atoms with Gasteiger partial charge in [0, 0.05) is 63.1 Å². The van der Waals surface area contributed by atoms with Gasteiger partial charge < -0.3 is 9.80 Å². The number of nitrogens with zero attached hydrogens (tertiary/aromatic N) is 5. The first-order chi connectivity index (χ1) is 13.6. The van der Waals surface area contributed by atoms with E-state index in [-0.39, 0.29) is 17.7 Å². The second-order valence-electron chi connectivity index (χ2n) is 7.06. The Labute approximate surface area is 167 Å². The number of hydrogen-bond acceptors (Lipinski definition) is 6. The van der Waals surface area contributed by atoms with Crippen LogP contribution in [0.3, 0.4) is 0 Å². The van der Waals surface area contributed by atoms with Crippen LogP contribution in [0.5, 0.6) is 0 Å². The third kappa shape index (κ3) is 3.35. The van der Waals surface area contributed by atoms with Crippen LogP contribution in [0.4, 0.5) is 0 Å². The summed E-state index contributed by atoms with van der Waals surface area (Å²) in [7, 11) is 3.51. The van der Waals surface area contributed by atoms with Gasteiger partial charge in [-0.2, -0.15) is 0 Å². The van der Waals surface area contributed by atoms with Gasteiger partial charge in [-0.25, -0.2) is 4.98 Å². The van der Waals surface area contributed by atoms with Crippen LogP contribution in [0.25, 0.3) is 10.3 Å². The maximum Gasteiger partial charge on any atom is 0.263 e. The van der Waals surface area contributed by atoms with Crippen molar-refractivity contribution in [1.82, 2.24) is 24.8 Å². The fraction of sp³-hybridized carbons (Fsp3) is 0.350. The normalized spacial score (nSPS) is 15.0. The second-order valence-corrected chi connectivity index (χ2v) is 8.06. The molecule has 0 radical (unpaired) electrons. The Bertz CT molecular complexity index is 1010. The van der Waals surface area contributed by atoms with Crippen molar-refractivity contribution < 1.29 is 9.59 Å². The third-order valence-corrected chi connectivity index (χ3v) is 6.17. The Kier molecular flexibility index (Phi) is 5.04. The lowest BCUT2D eigenvalue weighted by Gasteiger charge is -2.32. The molecule has 1 aliphatic rings. The molecule has 0 saturated carbocycles. The highest BCUT2D eigenvalue weighted by Crippen LogP contribution is 2.39. The predicted molar refractivity (Wildman–Crippen MR) is 108 cm³/mol. The fourth-order valence-electron chi connectivity index (χ4n) is 3.63. The molecule has 7 nitrogen and oxygen atoms in total. The first-order valence-corrected chi connectivity index (χ1v) is 10.0. The van der Waals surface area contributed by atoms with E-state index in [1.54, 1.807) is 55.9 Å². The van der Waals surface area contributed by atoms with Crippen molar-refractivity contribution in [2.75, 3.05) is 27.2 Å². The zero-order chi connectivity index (χ0) is 19.7. The Morgan fingerprint density at radius 2 is 1.75 bits per heavy atom. The van der Waals surface area contributed by atoms with Gasteiger partial charge in [-0.1, -0.05) is 0 Å². The SMILES string of the molecule is CN(C)C(=O)c1sc2nccnc2c1C1CCN(C(=O)c2ccncc2)CC1. The Balaban J connectivity index is 1.59. The summed E-state index contributed by atoms with van der Waals surface area (Å²) in [6, 6.07) is 3.48. The molecule has 144 valence electrons. The average Bonchev–Trinajstić information content (AvgIpc) is 3.12. The Morgan fingerprint density at radius 1 is 1.07 bits per heavy atom. The number of piperidine rings is 1.